The Bertz CT molecular complexity index is 441. The van der Waals surface area contributed by atoms with Crippen molar-refractivity contribution in [2.45, 2.75) is 38.0 Å². The summed E-state index contributed by atoms with van der Waals surface area (Å²) in [5.41, 5.74) is 1.88. The zero-order chi connectivity index (χ0) is 12.5. The molecule has 0 spiro atoms. The van der Waals surface area contributed by atoms with Crippen molar-refractivity contribution in [2.75, 3.05) is 0 Å². The van der Waals surface area contributed by atoms with Gasteiger partial charge < -0.3 is 5.11 Å². The number of benzene rings is 1. The lowest BCUT2D eigenvalue weighted by Crippen LogP contribution is -2.19. The van der Waals surface area contributed by atoms with Crippen molar-refractivity contribution in [3.63, 3.8) is 0 Å². The fourth-order valence-electron chi connectivity index (χ4n) is 2.25. The largest absolute Gasteiger partial charge is 0.481 e. The standard InChI is InChI=1S/C13H14F2O2/c14-13(15,8-12(16)17)11-6-5-9-3-1-2-4-10(9)7-11/h5-7H,1-4,8H2,(H,16,17). The topological polar surface area (TPSA) is 37.3 Å². The minimum atomic E-state index is -3.28. The van der Waals surface area contributed by atoms with Crippen LogP contribution in [-0.4, -0.2) is 11.1 Å². The number of carbonyl (C=O) groups is 1. The average molecular weight is 240 g/mol. The van der Waals surface area contributed by atoms with Gasteiger partial charge in [0.25, 0.3) is 5.92 Å². The van der Waals surface area contributed by atoms with Crippen molar-refractivity contribution in [3.05, 3.63) is 34.9 Å². The number of hydrogen-bond donors (Lipinski definition) is 1. The molecule has 17 heavy (non-hydrogen) atoms. The van der Waals surface area contributed by atoms with Gasteiger partial charge in [-0.25, -0.2) is 8.78 Å². The molecule has 0 fully saturated rings. The maximum absolute atomic E-state index is 13.6. The molecular weight excluding hydrogens is 226 g/mol. The van der Waals surface area contributed by atoms with Crippen LogP contribution in [0, 0.1) is 0 Å². The van der Waals surface area contributed by atoms with Gasteiger partial charge in [-0.1, -0.05) is 12.1 Å². The Morgan fingerprint density at radius 2 is 1.88 bits per heavy atom. The molecule has 0 bridgehead atoms. The Labute approximate surface area is 98.3 Å². The summed E-state index contributed by atoms with van der Waals surface area (Å²) >= 11 is 0. The number of aliphatic carboxylic acids is 1. The van der Waals surface area contributed by atoms with Crippen molar-refractivity contribution in [1.82, 2.24) is 0 Å². The Morgan fingerprint density at radius 1 is 1.24 bits per heavy atom. The van der Waals surface area contributed by atoms with E-state index >= 15 is 0 Å². The Hall–Kier alpha value is -1.45. The molecule has 2 nitrogen and oxygen atoms in total. The Kier molecular flexibility index (Phi) is 3.13. The van der Waals surface area contributed by atoms with Crippen LogP contribution in [0.2, 0.25) is 0 Å². The quantitative estimate of drug-likeness (QED) is 0.881. The fourth-order valence-corrected chi connectivity index (χ4v) is 2.25. The summed E-state index contributed by atoms with van der Waals surface area (Å²) in [6.07, 6.45) is 2.71. The highest BCUT2D eigenvalue weighted by molar-refractivity contribution is 5.68. The summed E-state index contributed by atoms with van der Waals surface area (Å²) in [6.45, 7) is 0. The van der Waals surface area contributed by atoms with Crippen LogP contribution >= 0.6 is 0 Å². The smallest absolute Gasteiger partial charge is 0.309 e. The molecule has 0 unspecified atom stereocenters. The van der Waals surface area contributed by atoms with Crippen LogP contribution in [-0.2, 0) is 23.6 Å². The lowest BCUT2D eigenvalue weighted by molar-refractivity contribution is -0.145. The molecule has 2 rings (SSSR count). The first kappa shape index (κ1) is 12.0. The number of fused-ring (bicyclic) bond motifs is 1. The molecule has 4 heteroatoms. The normalized spacial score (nSPS) is 15.4. The minimum absolute atomic E-state index is 0.180. The first-order chi connectivity index (χ1) is 7.99. The molecule has 1 aromatic rings. The van der Waals surface area contributed by atoms with E-state index in [-0.39, 0.29) is 5.56 Å². The Morgan fingerprint density at radius 3 is 2.53 bits per heavy atom. The number of halogens is 2. The molecule has 0 radical (unpaired) electrons. The highest BCUT2D eigenvalue weighted by Crippen LogP contribution is 2.34. The third-order valence-corrected chi connectivity index (χ3v) is 3.14. The van der Waals surface area contributed by atoms with E-state index in [0.29, 0.717) is 0 Å². The van der Waals surface area contributed by atoms with Gasteiger partial charge in [-0.05, 0) is 42.9 Å². The fraction of sp³-hybridized carbons (Fsp3) is 0.462. The van der Waals surface area contributed by atoms with Crippen LogP contribution in [0.3, 0.4) is 0 Å². The predicted molar refractivity (Wildman–Crippen MR) is 59.2 cm³/mol. The summed E-state index contributed by atoms with van der Waals surface area (Å²) in [5, 5.41) is 8.47. The third-order valence-electron chi connectivity index (χ3n) is 3.14. The second kappa shape index (κ2) is 4.43. The molecule has 92 valence electrons. The third kappa shape index (κ3) is 2.62. The molecule has 0 saturated heterocycles. The number of carboxylic acids is 1. The number of aryl methyl sites for hydroxylation is 2. The van der Waals surface area contributed by atoms with Gasteiger partial charge in [0.05, 0.1) is 0 Å². The van der Waals surface area contributed by atoms with Gasteiger partial charge in [0.15, 0.2) is 0 Å². The predicted octanol–water partition coefficient (Wildman–Crippen LogP) is 3.13. The Balaban J connectivity index is 2.30. The van der Waals surface area contributed by atoms with E-state index < -0.39 is 18.3 Å². The molecule has 0 atom stereocenters. The van der Waals surface area contributed by atoms with E-state index in [4.69, 9.17) is 5.11 Å². The van der Waals surface area contributed by atoms with Crippen LogP contribution < -0.4 is 0 Å². The van der Waals surface area contributed by atoms with E-state index in [1.165, 1.54) is 12.1 Å². The highest BCUT2D eigenvalue weighted by atomic mass is 19.3. The molecule has 0 saturated carbocycles. The monoisotopic (exact) mass is 240 g/mol. The van der Waals surface area contributed by atoms with E-state index in [9.17, 15) is 13.6 Å². The summed E-state index contributed by atoms with van der Waals surface area (Å²) in [7, 11) is 0. The van der Waals surface area contributed by atoms with Crippen LogP contribution in [0.5, 0.6) is 0 Å². The van der Waals surface area contributed by atoms with Gasteiger partial charge in [0, 0.05) is 5.56 Å². The average Bonchev–Trinajstić information content (AvgIpc) is 2.26. The molecule has 0 amide bonds. The van der Waals surface area contributed by atoms with E-state index in [1.807, 2.05) is 0 Å². The van der Waals surface area contributed by atoms with Crippen molar-refractivity contribution >= 4 is 5.97 Å². The summed E-state index contributed by atoms with van der Waals surface area (Å²) in [4.78, 5) is 10.4. The van der Waals surface area contributed by atoms with Gasteiger partial charge in [0.1, 0.15) is 6.42 Å². The maximum Gasteiger partial charge on any atom is 0.309 e. The molecule has 0 aliphatic heterocycles. The van der Waals surface area contributed by atoms with Crippen LogP contribution in [0.15, 0.2) is 18.2 Å². The number of hydrogen-bond acceptors (Lipinski definition) is 1. The molecular formula is C13H14F2O2. The molecule has 1 N–H and O–H groups in total. The van der Waals surface area contributed by atoms with Gasteiger partial charge in [-0.15, -0.1) is 0 Å². The van der Waals surface area contributed by atoms with Gasteiger partial charge in [0.2, 0.25) is 0 Å². The summed E-state index contributed by atoms with van der Waals surface area (Å²) < 4.78 is 27.2. The van der Waals surface area contributed by atoms with Crippen molar-refractivity contribution in [2.24, 2.45) is 0 Å². The molecule has 1 aliphatic rings. The molecule has 1 aliphatic carbocycles. The maximum atomic E-state index is 13.6. The van der Waals surface area contributed by atoms with Crippen LogP contribution in [0.4, 0.5) is 8.78 Å². The van der Waals surface area contributed by atoms with Gasteiger partial charge in [-0.3, -0.25) is 4.79 Å². The van der Waals surface area contributed by atoms with E-state index in [0.717, 1.165) is 36.8 Å². The minimum Gasteiger partial charge on any atom is -0.481 e. The second-order valence-electron chi connectivity index (χ2n) is 4.47. The van der Waals surface area contributed by atoms with Crippen LogP contribution in [0.1, 0.15) is 36.0 Å². The molecule has 0 aromatic heterocycles. The summed E-state index contributed by atoms with van der Waals surface area (Å²) in [5.74, 6) is -4.76. The van der Waals surface area contributed by atoms with Crippen molar-refractivity contribution in [3.8, 4) is 0 Å². The first-order valence-electron chi connectivity index (χ1n) is 5.71. The number of alkyl halides is 2. The highest BCUT2D eigenvalue weighted by Gasteiger charge is 2.35. The SMILES string of the molecule is O=C(O)CC(F)(F)c1ccc2c(c1)CCCC2. The van der Waals surface area contributed by atoms with Crippen molar-refractivity contribution in [1.29, 1.82) is 0 Å². The number of carboxylic acid groups (broad SMARTS) is 1. The summed E-state index contributed by atoms with van der Waals surface area (Å²) in [6, 6.07) is 4.53. The second-order valence-corrected chi connectivity index (χ2v) is 4.47. The van der Waals surface area contributed by atoms with Crippen molar-refractivity contribution < 1.29 is 18.7 Å². The van der Waals surface area contributed by atoms with E-state index in [1.54, 1.807) is 6.07 Å². The van der Waals surface area contributed by atoms with Gasteiger partial charge >= 0.3 is 5.97 Å². The molecule has 1 aromatic carbocycles. The van der Waals surface area contributed by atoms with Crippen LogP contribution in [0.25, 0.3) is 0 Å². The lowest BCUT2D eigenvalue weighted by atomic mass is 9.89. The van der Waals surface area contributed by atoms with E-state index in [2.05, 4.69) is 0 Å². The molecule has 0 heterocycles. The zero-order valence-corrected chi connectivity index (χ0v) is 9.38. The lowest BCUT2D eigenvalue weighted by Gasteiger charge is -2.20. The first-order valence-corrected chi connectivity index (χ1v) is 5.71. The zero-order valence-electron chi connectivity index (χ0n) is 9.38. The van der Waals surface area contributed by atoms with Gasteiger partial charge in [-0.2, -0.15) is 0 Å². The number of rotatable bonds is 3.